The molecule has 2 aromatic rings. The zero-order chi connectivity index (χ0) is 19.2. The van der Waals surface area contributed by atoms with Crippen LogP contribution in [0.4, 0.5) is 10.6 Å². The van der Waals surface area contributed by atoms with E-state index in [2.05, 4.69) is 25.8 Å². The van der Waals surface area contributed by atoms with Gasteiger partial charge in [-0.15, -0.1) is 0 Å². The van der Waals surface area contributed by atoms with E-state index < -0.39 is 0 Å². The van der Waals surface area contributed by atoms with Crippen molar-refractivity contribution in [3.63, 3.8) is 0 Å². The predicted octanol–water partition coefficient (Wildman–Crippen LogP) is 3.14. The first kappa shape index (κ1) is 18.9. The minimum atomic E-state index is -0.354. The molecule has 0 aromatic carbocycles. The Hall–Kier alpha value is -2.90. The molecule has 27 heavy (non-hydrogen) atoms. The number of carbonyl (C=O) groups is 2. The lowest BCUT2D eigenvalue weighted by Crippen LogP contribution is -2.28. The molecule has 144 valence electrons. The van der Waals surface area contributed by atoms with Gasteiger partial charge in [0.2, 0.25) is 0 Å². The number of hydrogen-bond donors (Lipinski definition) is 3. The number of aromatic nitrogens is 3. The molecule has 0 radical (unpaired) electrons. The molecule has 0 bridgehead atoms. The fourth-order valence-corrected chi connectivity index (χ4v) is 3.23. The summed E-state index contributed by atoms with van der Waals surface area (Å²) in [5.74, 6) is 0.489. The number of anilines is 1. The molecule has 1 saturated carbocycles. The van der Waals surface area contributed by atoms with Crippen molar-refractivity contribution in [3.8, 4) is 0 Å². The number of ether oxygens (including phenoxy) is 1. The Labute approximate surface area is 158 Å². The van der Waals surface area contributed by atoms with E-state index in [4.69, 9.17) is 4.74 Å². The molecule has 0 aliphatic heterocycles. The number of amides is 2. The van der Waals surface area contributed by atoms with Gasteiger partial charge in [0.1, 0.15) is 6.10 Å². The van der Waals surface area contributed by atoms with Gasteiger partial charge in [-0.3, -0.25) is 14.9 Å². The summed E-state index contributed by atoms with van der Waals surface area (Å²) in [4.78, 5) is 28.1. The van der Waals surface area contributed by atoms with Crippen molar-refractivity contribution in [2.75, 3.05) is 11.9 Å². The highest BCUT2D eigenvalue weighted by atomic mass is 16.6. The second kappa shape index (κ2) is 8.66. The summed E-state index contributed by atoms with van der Waals surface area (Å²) >= 11 is 0. The Bertz CT molecular complexity index is 804. The van der Waals surface area contributed by atoms with Crippen molar-refractivity contribution in [1.82, 2.24) is 20.5 Å². The normalized spacial score (nSPS) is 18.9. The van der Waals surface area contributed by atoms with E-state index in [1.54, 1.807) is 18.3 Å². The molecule has 2 aromatic heterocycles. The molecule has 2 atom stereocenters. The van der Waals surface area contributed by atoms with E-state index in [1.807, 2.05) is 19.9 Å². The number of hydrogen-bond acceptors (Lipinski definition) is 5. The monoisotopic (exact) mass is 371 g/mol. The first-order chi connectivity index (χ1) is 13.0. The van der Waals surface area contributed by atoms with Crippen molar-refractivity contribution in [2.45, 2.75) is 51.6 Å². The van der Waals surface area contributed by atoms with Gasteiger partial charge in [0.15, 0.2) is 5.82 Å². The molecule has 1 fully saturated rings. The van der Waals surface area contributed by atoms with Gasteiger partial charge in [-0.2, -0.15) is 5.10 Å². The summed E-state index contributed by atoms with van der Waals surface area (Å²) in [6.07, 6.45) is 4.52. The maximum absolute atomic E-state index is 12.3. The second-order valence-corrected chi connectivity index (χ2v) is 6.81. The topological polar surface area (TPSA) is 109 Å². The van der Waals surface area contributed by atoms with E-state index in [-0.39, 0.29) is 24.0 Å². The number of aryl methyl sites for hydroxylation is 1. The number of H-pyrrole nitrogens is 1. The first-order valence-electron chi connectivity index (χ1n) is 9.29. The minimum Gasteiger partial charge on any atom is -0.446 e. The minimum absolute atomic E-state index is 0.0898. The fraction of sp³-hybridized carbons (Fsp3) is 0.474. The number of nitrogens with zero attached hydrogens (tertiary/aromatic N) is 2. The average molecular weight is 371 g/mol. The van der Waals surface area contributed by atoms with E-state index in [0.717, 1.165) is 37.1 Å². The molecule has 0 spiro atoms. The third-order valence-corrected chi connectivity index (χ3v) is 4.62. The van der Waals surface area contributed by atoms with Crippen LogP contribution in [-0.4, -0.2) is 39.8 Å². The summed E-state index contributed by atoms with van der Waals surface area (Å²) < 4.78 is 5.45. The third kappa shape index (κ3) is 5.06. The van der Waals surface area contributed by atoms with Crippen LogP contribution in [0, 0.1) is 6.92 Å². The summed E-state index contributed by atoms with van der Waals surface area (Å²) in [5.41, 5.74) is 2.26. The highest BCUT2D eigenvalue weighted by molar-refractivity contribution is 6.03. The van der Waals surface area contributed by atoms with Gasteiger partial charge < -0.3 is 15.4 Å². The van der Waals surface area contributed by atoms with E-state index in [9.17, 15) is 9.59 Å². The number of pyridine rings is 1. The molecule has 2 amide bonds. The van der Waals surface area contributed by atoms with Crippen LogP contribution in [-0.2, 0) is 4.74 Å². The number of rotatable bonds is 6. The Balaban J connectivity index is 1.53. The van der Waals surface area contributed by atoms with Crippen LogP contribution in [0.1, 0.15) is 60.3 Å². The summed E-state index contributed by atoms with van der Waals surface area (Å²) in [6.45, 7) is 4.45. The van der Waals surface area contributed by atoms with Gasteiger partial charge in [-0.05, 0) is 44.7 Å². The fourth-order valence-electron chi connectivity index (χ4n) is 3.23. The van der Waals surface area contributed by atoms with Gasteiger partial charge >= 0.3 is 6.09 Å². The number of nitrogens with one attached hydrogen (secondary N) is 3. The lowest BCUT2D eigenvalue weighted by molar-refractivity contribution is 0.0998. The van der Waals surface area contributed by atoms with Crippen LogP contribution in [0.5, 0.6) is 0 Å². The molecule has 3 N–H and O–H groups in total. The van der Waals surface area contributed by atoms with Crippen LogP contribution in [0.15, 0.2) is 24.4 Å². The summed E-state index contributed by atoms with van der Waals surface area (Å²) in [5, 5.41) is 12.7. The van der Waals surface area contributed by atoms with Crippen LogP contribution in [0.3, 0.4) is 0 Å². The van der Waals surface area contributed by atoms with Crippen LogP contribution < -0.4 is 10.6 Å². The van der Waals surface area contributed by atoms with Gasteiger partial charge in [0, 0.05) is 41.7 Å². The van der Waals surface area contributed by atoms with Crippen molar-refractivity contribution < 1.29 is 14.3 Å². The molecule has 8 nitrogen and oxygen atoms in total. The SMILES string of the molecule is CCCNC(=O)OC1CCC(c2cc(NC(=O)c3ccnc(C)c3)n[nH]2)C1. The standard InChI is InChI=1S/C19H25N5O3/c1-3-7-21-19(26)27-15-5-4-13(10-15)16-11-17(24-23-16)22-18(25)14-6-8-20-12(2)9-14/h6,8-9,11,13,15H,3-5,7,10H2,1-2H3,(H,21,26)(H2,22,23,24,25). The molecule has 8 heteroatoms. The molecular weight excluding hydrogens is 346 g/mol. The zero-order valence-corrected chi connectivity index (χ0v) is 15.6. The summed E-state index contributed by atoms with van der Waals surface area (Å²) in [7, 11) is 0. The molecule has 3 rings (SSSR count). The molecule has 2 unspecified atom stereocenters. The van der Waals surface area contributed by atoms with Crippen LogP contribution in [0.25, 0.3) is 0 Å². The Kier molecular flexibility index (Phi) is 6.05. The van der Waals surface area contributed by atoms with Gasteiger partial charge in [-0.1, -0.05) is 6.92 Å². The van der Waals surface area contributed by atoms with Crippen LogP contribution in [0.2, 0.25) is 0 Å². The molecule has 0 saturated heterocycles. The smallest absolute Gasteiger partial charge is 0.407 e. The predicted molar refractivity (Wildman–Crippen MR) is 101 cm³/mol. The van der Waals surface area contributed by atoms with Gasteiger partial charge in [0.05, 0.1) is 0 Å². The van der Waals surface area contributed by atoms with Crippen LogP contribution >= 0.6 is 0 Å². The third-order valence-electron chi connectivity index (χ3n) is 4.62. The number of aromatic amines is 1. The van der Waals surface area contributed by atoms with Crippen molar-refractivity contribution in [3.05, 3.63) is 41.3 Å². The van der Waals surface area contributed by atoms with Gasteiger partial charge in [0.25, 0.3) is 5.91 Å². The molecule has 2 heterocycles. The molecule has 1 aliphatic carbocycles. The maximum atomic E-state index is 12.3. The average Bonchev–Trinajstić information content (AvgIpc) is 3.29. The van der Waals surface area contributed by atoms with Gasteiger partial charge in [-0.25, -0.2) is 4.79 Å². The number of carbonyl (C=O) groups excluding carboxylic acids is 2. The maximum Gasteiger partial charge on any atom is 0.407 e. The Morgan fingerprint density at radius 1 is 1.33 bits per heavy atom. The second-order valence-electron chi connectivity index (χ2n) is 6.81. The van der Waals surface area contributed by atoms with Crippen molar-refractivity contribution in [1.29, 1.82) is 0 Å². The lowest BCUT2D eigenvalue weighted by atomic mass is 10.0. The molecular formula is C19H25N5O3. The summed E-state index contributed by atoms with van der Waals surface area (Å²) in [6, 6.07) is 5.24. The van der Waals surface area contributed by atoms with E-state index in [0.29, 0.717) is 17.9 Å². The lowest BCUT2D eigenvalue weighted by Gasteiger charge is -2.12. The largest absolute Gasteiger partial charge is 0.446 e. The first-order valence-corrected chi connectivity index (χ1v) is 9.29. The Morgan fingerprint density at radius 2 is 2.19 bits per heavy atom. The highest BCUT2D eigenvalue weighted by Gasteiger charge is 2.30. The highest BCUT2D eigenvalue weighted by Crippen LogP contribution is 2.35. The Morgan fingerprint density at radius 3 is 2.96 bits per heavy atom. The zero-order valence-electron chi connectivity index (χ0n) is 15.6. The van der Waals surface area contributed by atoms with E-state index in [1.165, 1.54) is 0 Å². The molecule has 1 aliphatic rings. The van der Waals surface area contributed by atoms with Crippen molar-refractivity contribution >= 4 is 17.8 Å². The van der Waals surface area contributed by atoms with Crippen molar-refractivity contribution in [2.24, 2.45) is 0 Å². The number of alkyl carbamates (subject to hydrolysis) is 1. The van der Waals surface area contributed by atoms with E-state index >= 15 is 0 Å². The quantitative estimate of drug-likeness (QED) is 0.723.